The van der Waals surface area contributed by atoms with Gasteiger partial charge in [0, 0.05) is 26.1 Å². The van der Waals surface area contributed by atoms with E-state index in [4.69, 9.17) is 5.26 Å². The molecule has 0 aromatic rings. The number of hydrogen-bond donors (Lipinski definition) is 1. The van der Waals surface area contributed by atoms with Gasteiger partial charge in [0.2, 0.25) is 5.91 Å². The van der Waals surface area contributed by atoms with Crippen molar-refractivity contribution in [3.63, 3.8) is 0 Å². The van der Waals surface area contributed by atoms with Crippen molar-refractivity contribution in [2.75, 3.05) is 25.4 Å². The number of imide groups is 1. The molecule has 1 N–H and O–H groups in total. The van der Waals surface area contributed by atoms with Gasteiger partial charge in [-0.25, -0.2) is 0 Å². The summed E-state index contributed by atoms with van der Waals surface area (Å²) in [7, 11) is 0. The molecule has 0 unspecified atom stereocenters. The van der Waals surface area contributed by atoms with Crippen molar-refractivity contribution in [2.24, 2.45) is 0 Å². The highest BCUT2D eigenvalue weighted by molar-refractivity contribution is 8.14. The lowest BCUT2D eigenvalue weighted by Gasteiger charge is -2.12. The van der Waals surface area contributed by atoms with E-state index in [9.17, 15) is 9.59 Å². The first-order valence-electron chi connectivity index (χ1n) is 4.30. The van der Waals surface area contributed by atoms with Crippen molar-refractivity contribution in [2.45, 2.75) is 6.42 Å². The molecule has 0 radical (unpaired) electrons. The Morgan fingerprint density at radius 1 is 1.50 bits per heavy atom. The summed E-state index contributed by atoms with van der Waals surface area (Å²) in [6.45, 7) is 1.55. The molecule has 1 aliphatic heterocycles. The third-order valence-corrected chi connectivity index (χ3v) is 2.62. The van der Waals surface area contributed by atoms with Gasteiger partial charge in [-0.05, 0) is 0 Å². The number of carbonyl (C=O) groups excluding carboxylic acids is 2. The molecule has 0 atom stereocenters. The number of amides is 2. The van der Waals surface area contributed by atoms with Crippen LogP contribution in [0.5, 0.6) is 0 Å². The van der Waals surface area contributed by atoms with Gasteiger partial charge in [-0.2, -0.15) is 5.26 Å². The lowest BCUT2D eigenvalue weighted by Crippen LogP contribution is -2.35. The highest BCUT2D eigenvalue weighted by Gasteiger charge is 2.28. The van der Waals surface area contributed by atoms with Gasteiger partial charge in [0.05, 0.1) is 11.8 Å². The molecule has 1 heterocycles. The number of carbonyl (C=O) groups is 2. The van der Waals surface area contributed by atoms with Crippen LogP contribution in [0, 0.1) is 11.3 Å². The molecule has 2 amide bonds. The molecule has 1 rings (SSSR count). The Morgan fingerprint density at radius 2 is 2.29 bits per heavy atom. The predicted molar refractivity (Wildman–Crippen MR) is 52.7 cm³/mol. The summed E-state index contributed by atoms with van der Waals surface area (Å²) in [4.78, 5) is 23.4. The fraction of sp³-hybridized carbons (Fsp3) is 0.625. The molecule has 0 aromatic heterocycles. The molecule has 6 heteroatoms. The maximum atomic E-state index is 11.1. The monoisotopic (exact) mass is 213 g/mol. The van der Waals surface area contributed by atoms with E-state index in [1.165, 1.54) is 4.90 Å². The molecule has 0 bridgehead atoms. The van der Waals surface area contributed by atoms with Gasteiger partial charge in [-0.3, -0.25) is 14.5 Å². The van der Waals surface area contributed by atoms with Crippen molar-refractivity contribution in [1.29, 1.82) is 5.26 Å². The summed E-state index contributed by atoms with van der Waals surface area (Å²) >= 11 is 1.04. The molecule has 1 aliphatic rings. The zero-order chi connectivity index (χ0) is 10.4. The van der Waals surface area contributed by atoms with Crippen LogP contribution in [-0.2, 0) is 4.79 Å². The van der Waals surface area contributed by atoms with Crippen LogP contribution in [0.2, 0.25) is 0 Å². The third kappa shape index (κ3) is 3.01. The first-order valence-corrected chi connectivity index (χ1v) is 5.29. The Morgan fingerprint density at radius 3 is 2.86 bits per heavy atom. The van der Waals surface area contributed by atoms with Crippen LogP contribution in [0.4, 0.5) is 4.79 Å². The van der Waals surface area contributed by atoms with Gasteiger partial charge in [-0.15, -0.1) is 0 Å². The largest absolute Gasteiger partial charge is 0.314 e. The second-order valence-electron chi connectivity index (χ2n) is 2.76. The summed E-state index contributed by atoms with van der Waals surface area (Å²) < 4.78 is 0. The average molecular weight is 213 g/mol. The van der Waals surface area contributed by atoms with Gasteiger partial charge in [0.15, 0.2) is 0 Å². The van der Waals surface area contributed by atoms with Crippen molar-refractivity contribution in [1.82, 2.24) is 10.2 Å². The van der Waals surface area contributed by atoms with E-state index in [1.54, 1.807) is 0 Å². The Hall–Kier alpha value is -1.06. The number of nitrogens with zero attached hydrogens (tertiary/aromatic N) is 2. The minimum absolute atomic E-state index is 0.123. The van der Waals surface area contributed by atoms with E-state index in [-0.39, 0.29) is 16.9 Å². The molecule has 5 nitrogen and oxygen atoms in total. The lowest BCUT2D eigenvalue weighted by atomic mass is 10.4. The van der Waals surface area contributed by atoms with Crippen LogP contribution in [0.15, 0.2) is 0 Å². The summed E-state index contributed by atoms with van der Waals surface area (Å²) in [6.07, 6.45) is 0.441. The first-order chi connectivity index (χ1) is 6.75. The van der Waals surface area contributed by atoms with Crippen molar-refractivity contribution >= 4 is 22.9 Å². The van der Waals surface area contributed by atoms with Crippen molar-refractivity contribution in [3.05, 3.63) is 0 Å². The number of rotatable bonds is 5. The number of nitriles is 1. The fourth-order valence-electron chi connectivity index (χ4n) is 1.06. The predicted octanol–water partition coefficient (Wildman–Crippen LogP) is 0.185. The summed E-state index contributed by atoms with van der Waals surface area (Å²) in [6, 6.07) is 2.00. The van der Waals surface area contributed by atoms with Gasteiger partial charge >= 0.3 is 0 Å². The second kappa shape index (κ2) is 5.62. The normalized spacial score (nSPS) is 16.1. The second-order valence-corrected chi connectivity index (χ2v) is 3.68. The number of nitrogens with one attached hydrogen (secondary N) is 1. The smallest absolute Gasteiger partial charge is 0.288 e. The maximum Gasteiger partial charge on any atom is 0.288 e. The van der Waals surface area contributed by atoms with Gasteiger partial charge in [0.25, 0.3) is 5.24 Å². The number of hydrogen-bond acceptors (Lipinski definition) is 5. The van der Waals surface area contributed by atoms with Crippen LogP contribution in [0.25, 0.3) is 0 Å². The zero-order valence-electron chi connectivity index (χ0n) is 7.65. The Balaban J connectivity index is 2.15. The molecular formula is C8H11N3O2S. The van der Waals surface area contributed by atoms with E-state index in [1.807, 2.05) is 6.07 Å². The minimum Gasteiger partial charge on any atom is -0.314 e. The van der Waals surface area contributed by atoms with E-state index >= 15 is 0 Å². The fourth-order valence-corrected chi connectivity index (χ4v) is 1.81. The molecule has 1 fully saturated rings. The lowest BCUT2D eigenvalue weighted by molar-refractivity contribution is -0.124. The first kappa shape index (κ1) is 11.0. The zero-order valence-corrected chi connectivity index (χ0v) is 8.47. The topological polar surface area (TPSA) is 73.2 Å². The highest BCUT2D eigenvalue weighted by atomic mass is 32.2. The Bertz CT molecular complexity index is 258. The van der Waals surface area contributed by atoms with Gasteiger partial charge in [0.1, 0.15) is 0 Å². The Kier molecular flexibility index (Phi) is 4.43. The van der Waals surface area contributed by atoms with Crippen LogP contribution >= 0.6 is 11.8 Å². The van der Waals surface area contributed by atoms with Crippen LogP contribution in [0.3, 0.4) is 0 Å². The van der Waals surface area contributed by atoms with Gasteiger partial charge < -0.3 is 5.32 Å². The third-order valence-electron chi connectivity index (χ3n) is 1.77. The molecule has 1 saturated heterocycles. The molecule has 0 saturated carbocycles. The minimum atomic E-state index is -0.169. The molecule has 0 aliphatic carbocycles. The maximum absolute atomic E-state index is 11.1. The van der Waals surface area contributed by atoms with E-state index in [0.29, 0.717) is 26.1 Å². The van der Waals surface area contributed by atoms with E-state index < -0.39 is 0 Å². The SMILES string of the molecule is N#CCCNCCN1C(=O)CSC1=O. The van der Waals surface area contributed by atoms with E-state index in [0.717, 1.165) is 11.8 Å². The standard InChI is InChI=1S/C8H11N3O2S/c9-2-1-3-10-4-5-11-7(12)6-14-8(11)13/h10H,1,3-6H2. The average Bonchev–Trinajstić information content (AvgIpc) is 2.48. The summed E-state index contributed by atoms with van der Waals surface area (Å²) in [5, 5.41) is 11.1. The van der Waals surface area contributed by atoms with Crippen molar-refractivity contribution < 1.29 is 9.59 Å². The van der Waals surface area contributed by atoms with E-state index in [2.05, 4.69) is 5.32 Å². The molecule has 0 aromatic carbocycles. The van der Waals surface area contributed by atoms with Crippen LogP contribution in [-0.4, -0.2) is 41.4 Å². The molecular weight excluding hydrogens is 202 g/mol. The highest BCUT2D eigenvalue weighted by Crippen LogP contribution is 2.17. The van der Waals surface area contributed by atoms with Crippen LogP contribution < -0.4 is 5.32 Å². The summed E-state index contributed by atoms with van der Waals surface area (Å²) in [5.41, 5.74) is 0. The molecule has 14 heavy (non-hydrogen) atoms. The van der Waals surface area contributed by atoms with Crippen molar-refractivity contribution in [3.8, 4) is 6.07 Å². The quantitative estimate of drug-likeness (QED) is 0.660. The molecule has 76 valence electrons. The van der Waals surface area contributed by atoms with Crippen LogP contribution in [0.1, 0.15) is 6.42 Å². The summed E-state index contributed by atoms with van der Waals surface area (Å²) in [5.74, 6) is 0.138. The number of thioether (sulfide) groups is 1. The Labute approximate surface area is 86.4 Å². The van der Waals surface area contributed by atoms with Gasteiger partial charge in [-0.1, -0.05) is 11.8 Å². The molecule has 0 spiro atoms.